The van der Waals surface area contributed by atoms with E-state index in [4.69, 9.17) is 0 Å². The van der Waals surface area contributed by atoms with E-state index in [1.54, 1.807) is 25.1 Å². The minimum absolute atomic E-state index is 0.0602. The second-order valence-corrected chi connectivity index (χ2v) is 9.20. The Kier molecular flexibility index (Phi) is 6.70. The SMILES string of the molecule is CC[C@H](C)n1c(C)c(/C=C2/C(=O)N(c3ccccc3)N=C2C(F)(F)C(F)(F)C(F)(F)F)c2cccc(C)c21. The summed E-state index contributed by atoms with van der Waals surface area (Å²) in [6, 6.07) is 12.2. The number of carbonyl (C=O) groups excluding carboxylic acids is 1. The molecule has 2 heterocycles. The van der Waals surface area contributed by atoms with Crippen molar-refractivity contribution in [1.82, 2.24) is 4.57 Å². The minimum Gasteiger partial charge on any atom is -0.341 e. The molecule has 0 unspecified atom stereocenters. The van der Waals surface area contributed by atoms with Crippen molar-refractivity contribution in [1.29, 1.82) is 0 Å². The normalized spacial score (nSPS) is 17.0. The number of anilines is 1. The summed E-state index contributed by atoms with van der Waals surface area (Å²) in [5, 5.41) is 4.30. The molecule has 0 spiro atoms. The van der Waals surface area contributed by atoms with Crippen LogP contribution in [0, 0.1) is 13.8 Å². The molecule has 1 atom stereocenters. The average Bonchev–Trinajstić information content (AvgIpc) is 3.34. The first-order chi connectivity index (χ1) is 17.6. The van der Waals surface area contributed by atoms with Crippen LogP contribution in [-0.2, 0) is 4.79 Å². The molecule has 0 saturated carbocycles. The number of nitrogens with zero attached hydrogens (tertiary/aromatic N) is 3. The molecule has 1 aliphatic heterocycles. The van der Waals surface area contributed by atoms with Gasteiger partial charge in [0.25, 0.3) is 5.91 Å². The molecule has 1 amide bonds. The first-order valence-electron chi connectivity index (χ1n) is 11.8. The number of carbonyl (C=O) groups is 1. The zero-order valence-electron chi connectivity index (χ0n) is 20.9. The number of halogens is 7. The van der Waals surface area contributed by atoms with Gasteiger partial charge in [0.1, 0.15) is 0 Å². The predicted molar refractivity (Wildman–Crippen MR) is 132 cm³/mol. The van der Waals surface area contributed by atoms with Crippen molar-refractivity contribution in [3.05, 3.63) is 70.9 Å². The lowest BCUT2D eigenvalue weighted by molar-refractivity contribution is -0.336. The average molecular weight is 539 g/mol. The topological polar surface area (TPSA) is 37.6 Å². The second kappa shape index (κ2) is 9.28. The Hall–Kier alpha value is -3.63. The van der Waals surface area contributed by atoms with Crippen molar-refractivity contribution in [3.63, 3.8) is 0 Å². The van der Waals surface area contributed by atoms with E-state index in [2.05, 4.69) is 5.10 Å². The van der Waals surface area contributed by atoms with Crippen LogP contribution in [0.2, 0.25) is 0 Å². The number of para-hydroxylation sites is 2. The van der Waals surface area contributed by atoms with E-state index < -0.39 is 35.2 Å². The van der Waals surface area contributed by atoms with Crippen molar-refractivity contribution >= 4 is 34.3 Å². The summed E-state index contributed by atoms with van der Waals surface area (Å²) in [6.45, 7) is 7.37. The molecule has 11 heteroatoms. The number of alkyl halides is 7. The highest BCUT2D eigenvalue weighted by Gasteiger charge is 2.76. The summed E-state index contributed by atoms with van der Waals surface area (Å²) in [4.78, 5) is 13.3. The van der Waals surface area contributed by atoms with Crippen LogP contribution in [0.25, 0.3) is 17.0 Å². The summed E-state index contributed by atoms with van der Waals surface area (Å²) in [7, 11) is 0. The molecular formula is C27H24F7N3O. The Labute approximate surface area is 214 Å². The minimum atomic E-state index is -6.59. The molecule has 4 rings (SSSR count). The number of hydrazone groups is 1. The molecule has 0 N–H and O–H groups in total. The van der Waals surface area contributed by atoms with Crippen LogP contribution in [0.4, 0.5) is 36.4 Å². The largest absolute Gasteiger partial charge is 0.460 e. The van der Waals surface area contributed by atoms with Crippen LogP contribution < -0.4 is 5.01 Å². The number of aromatic nitrogens is 1. The van der Waals surface area contributed by atoms with Crippen LogP contribution >= 0.6 is 0 Å². The van der Waals surface area contributed by atoms with Gasteiger partial charge in [-0.05, 0) is 51.0 Å². The van der Waals surface area contributed by atoms with E-state index in [1.807, 2.05) is 31.4 Å². The van der Waals surface area contributed by atoms with E-state index in [9.17, 15) is 26.7 Å². The number of fused-ring (bicyclic) bond motifs is 1. The van der Waals surface area contributed by atoms with Gasteiger partial charge in [-0.1, -0.05) is 43.3 Å². The van der Waals surface area contributed by atoms with Gasteiger partial charge in [-0.3, -0.25) is 4.79 Å². The van der Waals surface area contributed by atoms with Crippen molar-refractivity contribution < 1.29 is 35.5 Å². The molecule has 202 valence electrons. The van der Waals surface area contributed by atoms with E-state index in [0.29, 0.717) is 22.5 Å². The zero-order chi connectivity index (χ0) is 28.2. The first kappa shape index (κ1) is 27.4. The van der Waals surface area contributed by atoms with E-state index >= 15 is 8.78 Å². The summed E-state index contributed by atoms with van der Waals surface area (Å²) < 4.78 is 99.6. The Morgan fingerprint density at radius 3 is 2.16 bits per heavy atom. The van der Waals surface area contributed by atoms with Crippen molar-refractivity contribution in [2.75, 3.05) is 5.01 Å². The third-order valence-electron chi connectivity index (χ3n) is 6.77. The van der Waals surface area contributed by atoms with Gasteiger partial charge in [-0.15, -0.1) is 0 Å². The van der Waals surface area contributed by atoms with Gasteiger partial charge in [-0.2, -0.15) is 40.8 Å². The third kappa shape index (κ3) is 4.08. The molecule has 0 aliphatic carbocycles. The zero-order valence-corrected chi connectivity index (χ0v) is 20.9. The molecule has 3 aromatic rings. The van der Waals surface area contributed by atoms with Crippen molar-refractivity contribution in [2.24, 2.45) is 5.10 Å². The maximum absolute atomic E-state index is 15.1. The fraction of sp³-hybridized carbons (Fsp3) is 0.333. The van der Waals surface area contributed by atoms with Crippen LogP contribution in [-0.4, -0.2) is 34.2 Å². The highest BCUT2D eigenvalue weighted by atomic mass is 19.4. The van der Waals surface area contributed by atoms with Crippen LogP contribution in [0.5, 0.6) is 0 Å². The molecular weight excluding hydrogens is 515 g/mol. The predicted octanol–water partition coefficient (Wildman–Crippen LogP) is 7.85. The van der Waals surface area contributed by atoms with Crippen molar-refractivity contribution in [3.8, 4) is 0 Å². The molecule has 38 heavy (non-hydrogen) atoms. The van der Waals surface area contributed by atoms with E-state index in [1.165, 1.54) is 24.3 Å². The van der Waals surface area contributed by atoms with E-state index in [-0.39, 0.29) is 17.3 Å². The van der Waals surface area contributed by atoms with Gasteiger partial charge < -0.3 is 4.57 Å². The summed E-state index contributed by atoms with van der Waals surface area (Å²) in [6.07, 6.45) is -4.95. The van der Waals surface area contributed by atoms with Gasteiger partial charge in [0.15, 0.2) is 5.71 Å². The molecule has 4 nitrogen and oxygen atoms in total. The number of hydrogen-bond acceptors (Lipinski definition) is 2. The highest BCUT2D eigenvalue weighted by molar-refractivity contribution is 6.35. The van der Waals surface area contributed by atoms with Gasteiger partial charge in [-0.25, -0.2) is 0 Å². The first-order valence-corrected chi connectivity index (χ1v) is 11.8. The third-order valence-corrected chi connectivity index (χ3v) is 6.77. The molecule has 0 saturated heterocycles. The number of rotatable bonds is 6. The quantitative estimate of drug-likeness (QED) is 0.232. The lowest BCUT2D eigenvalue weighted by atomic mass is 9.96. The van der Waals surface area contributed by atoms with Gasteiger partial charge in [0, 0.05) is 22.7 Å². The summed E-state index contributed by atoms with van der Waals surface area (Å²) in [5.41, 5.74) is -0.710. The fourth-order valence-electron chi connectivity index (χ4n) is 4.60. The molecule has 0 radical (unpaired) electrons. The Balaban J connectivity index is 2.02. The maximum atomic E-state index is 15.1. The number of amides is 1. The van der Waals surface area contributed by atoms with Crippen LogP contribution in [0.1, 0.15) is 43.1 Å². The molecule has 0 bridgehead atoms. The molecule has 1 aliphatic rings. The summed E-state index contributed by atoms with van der Waals surface area (Å²) >= 11 is 0. The molecule has 2 aromatic carbocycles. The van der Waals surface area contributed by atoms with Crippen LogP contribution in [0.15, 0.2) is 59.2 Å². The fourth-order valence-corrected chi connectivity index (χ4v) is 4.60. The maximum Gasteiger partial charge on any atom is 0.460 e. The Morgan fingerprint density at radius 2 is 1.58 bits per heavy atom. The number of aryl methyl sites for hydroxylation is 1. The number of benzene rings is 2. The molecule has 1 aromatic heterocycles. The monoisotopic (exact) mass is 539 g/mol. The van der Waals surface area contributed by atoms with Crippen molar-refractivity contribution in [2.45, 2.75) is 58.2 Å². The number of hydrogen-bond donors (Lipinski definition) is 0. The molecule has 0 fully saturated rings. The Morgan fingerprint density at radius 1 is 0.947 bits per heavy atom. The smallest absolute Gasteiger partial charge is 0.341 e. The lowest BCUT2D eigenvalue weighted by Crippen LogP contribution is -2.56. The van der Waals surface area contributed by atoms with E-state index in [0.717, 1.165) is 17.2 Å². The lowest BCUT2D eigenvalue weighted by Gasteiger charge is -2.27. The van der Waals surface area contributed by atoms with Gasteiger partial charge >= 0.3 is 18.0 Å². The summed E-state index contributed by atoms with van der Waals surface area (Å²) in [5.74, 6) is -13.6. The second-order valence-electron chi connectivity index (χ2n) is 9.20. The van der Waals surface area contributed by atoms with Gasteiger partial charge in [0.2, 0.25) is 0 Å². The van der Waals surface area contributed by atoms with Crippen LogP contribution in [0.3, 0.4) is 0 Å². The standard InChI is InChI=1S/C27H24F7N3O/c1-5-16(3)36-17(4)20(19-13-9-10-15(2)22(19)36)14-21-23(25(28,29)26(30,31)27(32,33)34)35-37(24(21)38)18-11-7-6-8-12-18/h6-14,16H,5H2,1-4H3/b21-14+/t16-/m0/s1. The van der Waals surface area contributed by atoms with Gasteiger partial charge in [0.05, 0.1) is 16.8 Å². The highest BCUT2D eigenvalue weighted by Crippen LogP contribution is 2.49. The Bertz CT molecular complexity index is 1450.